The summed E-state index contributed by atoms with van der Waals surface area (Å²) in [5.74, 6) is 0.989. The Kier molecular flexibility index (Phi) is 8.89. The summed E-state index contributed by atoms with van der Waals surface area (Å²) in [6, 6.07) is 0.589. The molecule has 0 atom stereocenters. The first-order valence-corrected chi connectivity index (χ1v) is 9.32. The first kappa shape index (κ1) is 19.0. The normalized spacial score (nSPS) is 26.7. The molecule has 1 aliphatic carbocycles. The van der Waals surface area contributed by atoms with Crippen molar-refractivity contribution in [1.29, 1.82) is 0 Å². The molecule has 1 N–H and O–H groups in total. The Bertz CT molecular complexity index is 254. The summed E-state index contributed by atoms with van der Waals surface area (Å²) in [6.45, 7) is 13.2. The van der Waals surface area contributed by atoms with Crippen molar-refractivity contribution in [2.24, 2.45) is 11.3 Å². The standard InChI is InChI=1S/C19H39NO/c1-6-7-8-18-9-11-19(12-10-18,15-20-16(2)3)13-14-21-17(4)5/h16-18,20H,6-15H2,1-5H3. The lowest BCUT2D eigenvalue weighted by Crippen LogP contribution is -2.41. The molecule has 21 heavy (non-hydrogen) atoms. The van der Waals surface area contributed by atoms with Crippen LogP contribution in [-0.2, 0) is 4.74 Å². The van der Waals surface area contributed by atoms with Gasteiger partial charge in [-0.25, -0.2) is 0 Å². The molecule has 2 heteroatoms. The van der Waals surface area contributed by atoms with Gasteiger partial charge in [0.1, 0.15) is 0 Å². The van der Waals surface area contributed by atoms with Gasteiger partial charge in [-0.3, -0.25) is 0 Å². The molecule has 0 heterocycles. The number of unbranched alkanes of at least 4 members (excludes halogenated alkanes) is 1. The molecule has 0 aromatic heterocycles. The van der Waals surface area contributed by atoms with Crippen LogP contribution in [0.2, 0.25) is 0 Å². The predicted molar refractivity (Wildman–Crippen MR) is 92.8 cm³/mol. The van der Waals surface area contributed by atoms with E-state index in [1.807, 2.05) is 0 Å². The summed E-state index contributed by atoms with van der Waals surface area (Å²) in [7, 11) is 0. The smallest absolute Gasteiger partial charge is 0.0518 e. The molecule has 0 amide bonds. The molecule has 1 aliphatic rings. The molecule has 0 radical (unpaired) electrons. The van der Waals surface area contributed by atoms with Gasteiger partial charge in [0.15, 0.2) is 0 Å². The van der Waals surface area contributed by atoms with E-state index < -0.39 is 0 Å². The molecule has 0 saturated heterocycles. The van der Waals surface area contributed by atoms with Crippen LogP contribution in [0.15, 0.2) is 0 Å². The monoisotopic (exact) mass is 297 g/mol. The van der Waals surface area contributed by atoms with Gasteiger partial charge in [-0.15, -0.1) is 0 Å². The summed E-state index contributed by atoms with van der Waals surface area (Å²) in [5.41, 5.74) is 0.488. The molecule has 0 aromatic rings. The highest BCUT2D eigenvalue weighted by Crippen LogP contribution is 2.42. The summed E-state index contributed by atoms with van der Waals surface area (Å²) < 4.78 is 5.84. The summed E-state index contributed by atoms with van der Waals surface area (Å²) in [4.78, 5) is 0. The first-order chi connectivity index (χ1) is 9.97. The molecule has 0 unspecified atom stereocenters. The molecule has 0 spiro atoms. The minimum absolute atomic E-state index is 0.362. The lowest BCUT2D eigenvalue weighted by molar-refractivity contribution is 0.0314. The topological polar surface area (TPSA) is 21.3 Å². The van der Waals surface area contributed by atoms with Crippen molar-refractivity contribution in [2.75, 3.05) is 13.2 Å². The van der Waals surface area contributed by atoms with Crippen LogP contribution < -0.4 is 5.32 Å². The molecule has 1 fully saturated rings. The largest absolute Gasteiger partial charge is 0.379 e. The van der Waals surface area contributed by atoms with Crippen LogP contribution in [-0.4, -0.2) is 25.3 Å². The molecule has 126 valence electrons. The van der Waals surface area contributed by atoms with Crippen molar-refractivity contribution < 1.29 is 4.74 Å². The highest BCUT2D eigenvalue weighted by Gasteiger charge is 2.34. The zero-order chi connectivity index (χ0) is 15.7. The van der Waals surface area contributed by atoms with E-state index in [2.05, 4.69) is 39.9 Å². The number of rotatable bonds is 10. The highest BCUT2D eigenvalue weighted by atomic mass is 16.5. The Morgan fingerprint density at radius 1 is 1.14 bits per heavy atom. The Balaban J connectivity index is 2.46. The summed E-state index contributed by atoms with van der Waals surface area (Å²) in [6.07, 6.45) is 11.4. The molecule has 0 aliphatic heterocycles. The highest BCUT2D eigenvalue weighted by molar-refractivity contribution is 4.88. The van der Waals surface area contributed by atoms with Crippen LogP contribution >= 0.6 is 0 Å². The van der Waals surface area contributed by atoms with E-state index in [0.717, 1.165) is 12.5 Å². The summed E-state index contributed by atoms with van der Waals surface area (Å²) >= 11 is 0. The van der Waals surface area contributed by atoms with Crippen LogP contribution in [0, 0.1) is 11.3 Å². The minimum atomic E-state index is 0.362. The van der Waals surface area contributed by atoms with E-state index in [0.29, 0.717) is 17.6 Å². The van der Waals surface area contributed by atoms with E-state index in [4.69, 9.17) is 4.74 Å². The zero-order valence-electron chi connectivity index (χ0n) is 15.2. The number of nitrogens with one attached hydrogen (secondary N) is 1. The predicted octanol–water partition coefficient (Wildman–Crippen LogP) is 5.17. The second-order valence-corrected chi connectivity index (χ2v) is 7.79. The quantitative estimate of drug-likeness (QED) is 0.601. The Morgan fingerprint density at radius 3 is 2.33 bits per heavy atom. The van der Waals surface area contributed by atoms with Crippen molar-refractivity contribution >= 4 is 0 Å². The van der Waals surface area contributed by atoms with Crippen LogP contribution in [0.4, 0.5) is 0 Å². The van der Waals surface area contributed by atoms with Gasteiger partial charge < -0.3 is 10.1 Å². The van der Waals surface area contributed by atoms with Crippen molar-refractivity contribution in [3.8, 4) is 0 Å². The fourth-order valence-corrected chi connectivity index (χ4v) is 3.52. The molecular weight excluding hydrogens is 258 g/mol. The third-order valence-electron chi connectivity index (χ3n) is 5.10. The number of hydrogen-bond acceptors (Lipinski definition) is 2. The van der Waals surface area contributed by atoms with E-state index in [-0.39, 0.29) is 0 Å². The van der Waals surface area contributed by atoms with Crippen molar-refractivity contribution in [3.63, 3.8) is 0 Å². The second kappa shape index (κ2) is 9.84. The molecular formula is C19H39NO. The average molecular weight is 298 g/mol. The maximum absolute atomic E-state index is 5.84. The van der Waals surface area contributed by atoms with Crippen LogP contribution in [0.3, 0.4) is 0 Å². The van der Waals surface area contributed by atoms with E-state index in [1.165, 1.54) is 57.9 Å². The first-order valence-electron chi connectivity index (χ1n) is 9.32. The molecule has 0 bridgehead atoms. The molecule has 2 nitrogen and oxygen atoms in total. The maximum Gasteiger partial charge on any atom is 0.0518 e. The van der Waals surface area contributed by atoms with Gasteiger partial charge in [0.25, 0.3) is 0 Å². The molecule has 1 saturated carbocycles. The lowest BCUT2D eigenvalue weighted by atomic mass is 9.67. The van der Waals surface area contributed by atoms with Crippen LogP contribution in [0.5, 0.6) is 0 Å². The second-order valence-electron chi connectivity index (χ2n) is 7.79. The number of hydrogen-bond donors (Lipinski definition) is 1. The lowest BCUT2D eigenvalue weighted by Gasteiger charge is -2.41. The van der Waals surface area contributed by atoms with Crippen molar-refractivity contribution in [1.82, 2.24) is 5.32 Å². The third-order valence-corrected chi connectivity index (χ3v) is 5.10. The fourth-order valence-electron chi connectivity index (χ4n) is 3.52. The SMILES string of the molecule is CCCCC1CCC(CCOC(C)C)(CNC(C)C)CC1. The van der Waals surface area contributed by atoms with Gasteiger partial charge in [-0.1, -0.05) is 40.0 Å². The van der Waals surface area contributed by atoms with E-state index in [9.17, 15) is 0 Å². The van der Waals surface area contributed by atoms with Crippen molar-refractivity contribution in [2.45, 2.75) is 98.1 Å². The van der Waals surface area contributed by atoms with E-state index >= 15 is 0 Å². The van der Waals surface area contributed by atoms with Crippen molar-refractivity contribution in [3.05, 3.63) is 0 Å². The van der Waals surface area contributed by atoms with Crippen LogP contribution in [0.1, 0.15) is 86.0 Å². The Hall–Kier alpha value is -0.0800. The molecule has 0 aromatic carbocycles. The Morgan fingerprint density at radius 2 is 1.81 bits per heavy atom. The van der Waals surface area contributed by atoms with Gasteiger partial charge in [0.2, 0.25) is 0 Å². The zero-order valence-corrected chi connectivity index (χ0v) is 15.2. The molecule has 1 rings (SSSR count). The Labute approximate surface area is 133 Å². The van der Waals surface area contributed by atoms with Gasteiger partial charge in [-0.2, -0.15) is 0 Å². The van der Waals surface area contributed by atoms with Crippen LogP contribution in [0.25, 0.3) is 0 Å². The average Bonchev–Trinajstić information content (AvgIpc) is 2.44. The van der Waals surface area contributed by atoms with Gasteiger partial charge in [-0.05, 0) is 57.3 Å². The number of ether oxygens (including phenoxy) is 1. The minimum Gasteiger partial charge on any atom is -0.379 e. The van der Waals surface area contributed by atoms with Gasteiger partial charge in [0.05, 0.1) is 6.10 Å². The van der Waals surface area contributed by atoms with E-state index in [1.54, 1.807) is 0 Å². The summed E-state index contributed by atoms with van der Waals surface area (Å²) in [5, 5.41) is 3.70. The van der Waals surface area contributed by atoms with Gasteiger partial charge >= 0.3 is 0 Å². The van der Waals surface area contributed by atoms with Gasteiger partial charge in [0, 0.05) is 19.2 Å². The maximum atomic E-state index is 5.84. The third kappa shape index (κ3) is 7.65. The fraction of sp³-hybridized carbons (Fsp3) is 1.00.